The fourth-order valence-corrected chi connectivity index (χ4v) is 0.454. The van der Waals surface area contributed by atoms with Gasteiger partial charge in [-0.05, 0) is 0 Å². The summed E-state index contributed by atoms with van der Waals surface area (Å²) < 4.78 is 72.3. The van der Waals surface area contributed by atoms with Gasteiger partial charge in [0.15, 0.2) is 0 Å². The molecule has 0 saturated carbocycles. The minimum atomic E-state index is -6.66. The van der Waals surface area contributed by atoms with Crippen LogP contribution in [0.2, 0.25) is 0 Å². The Morgan fingerprint density at radius 1 is 0.706 bits per heavy atom. The van der Waals surface area contributed by atoms with Crippen molar-refractivity contribution in [2.75, 3.05) is 0 Å². The van der Waals surface area contributed by atoms with E-state index in [0.29, 0.717) is 0 Å². The van der Waals surface area contributed by atoms with E-state index >= 15 is 0 Å². The quantitative estimate of drug-likeness (QED) is 0.379. The summed E-state index contributed by atoms with van der Waals surface area (Å²) in [6, 6.07) is 0. The molecule has 0 unspecified atom stereocenters. The van der Waals surface area contributed by atoms with Gasteiger partial charge in [0.2, 0.25) is 0 Å². The van der Waals surface area contributed by atoms with Crippen molar-refractivity contribution in [1.29, 1.82) is 0 Å². The molecular formula is C5Ag2F6O4. The molecule has 0 aliphatic carbocycles. The van der Waals surface area contributed by atoms with Crippen molar-refractivity contribution in [3.8, 4) is 0 Å². The number of carbonyl (C=O) groups excluding carboxylic acids is 2. The first-order valence-corrected chi connectivity index (χ1v) is 2.95. The predicted molar refractivity (Wildman–Crippen MR) is 24.9 cm³/mol. The molecule has 4 nitrogen and oxygen atoms in total. The van der Waals surface area contributed by atoms with Gasteiger partial charge in [-0.3, -0.25) is 0 Å². The Labute approximate surface area is 120 Å². The maximum atomic E-state index is 12.1. The Morgan fingerprint density at radius 2 is 0.882 bits per heavy atom. The molecule has 0 aliphatic heterocycles. The van der Waals surface area contributed by atoms with E-state index in [4.69, 9.17) is 0 Å². The maximum absolute atomic E-state index is 12.1. The van der Waals surface area contributed by atoms with Crippen molar-refractivity contribution in [3.63, 3.8) is 0 Å². The predicted octanol–water partition coefficient (Wildman–Crippen LogP) is -1.61. The number of carboxylic acid groups (broad SMARTS) is 2. The minimum Gasteiger partial charge on any atom is -0.544 e. The van der Waals surface area contributed by atoms with Gasteiger partial charge in [-0.1, -0.05) is 0 Å². The number of hydrogen-bond donors (Lipinski definition) is 0. The Kier molecular flexibility index (Phi) is 8.16. The van der Waals surface area contributed by atoms with Crippen LogP contribution < -0.4 is 10.2 Å². The summed E-state index contributed by atoms with van der Waals surface area (Å²) in [7, 11) is 0. The molecule has 0 aromatic carbocycles. The summed E-state index contributed by atoms with van der Waals surface area (Å²) in [5, 5.41) is 18.9. The third kappa shape index (κ3) is 3.48. The molecule has 0 bridgehead atoms. The zero-order valence-electron chi connectivity index (χ0n) is 7.00. The fourth-order valence-electron chi connectivity index (χ4n) is 0.454. The van der Waals surface area contributed by atoms with Crippen molar-refractivity contribution < 1.29 is 90.9 Å². The number of rotatable bonds is 4. The van der Waals surface area contributed by atoms with E-state index in [1.807, 2.05) is 0 Å². The van der Waals surface area contributed by atoms with Gasteiger partial charge in [-0.2, -0.15) is 26.3 Å². The molecule has 0 atom stereocenters. The molecule has 0 saturated heterocycles. The van der Waals surface area contributed by atoms with Gasteiger partial charge in [0.25, 0.3) is 0 Å². The molecular weight excluding hydrogens is 454 g/mol. The van der Waals surface area contributed by atoms with Crippen LogP contribution in [0.3, 0.4) is 0 Å². The van der Waals surface area contributed by atoms with Crippen LogP contribution in [-0.2, 0) is 54.3 Å². The summed E-state index contributed by atoms with van der Waals surface area (Å²) in [6.45, 7) is 0. The van der Waals surface area contributed by atoms with Gasteiger partial charge in [-0.25, -0.2) is 0 Å². The number of hydrogen-bond acceptors (Lipinski definition) is 4. The molecule has 108 valence electrons. The van der Waals surface area contributed by atoms with Gasteiger partial charge in [0, 0.05) is 0 Å². The van der Waals surface area contributed by atoms with Crippen LogP contribution >= 0.6 is 0 Å². The molecule has 0 aromatic rings. The number of carbonyl (C=O) groups is 2. The first-order valence-electron chi connectivity index (χ1n) is 2.95. The first kappa shape index (κ1) is 22.2. The SMILES string of the molecule is O=C([O-])C(F)(F)C(F)(F)C(F)(F)C(=O)[O-].[Ag+].[Ag+]. The molecule has 0 aromatic heterocycles. The molecule has 0 aliphatic rings. The third-order valence-electron chi connectivity index (χ3n) is 1.30. The smallest absolute Gasteiger partial charge is 0.544 e. The summed E-state index contributed by atoms with van der Waals surface area (Å²) in [5.41, 5.74) is 0. The van der Waals surface area contributed by atoms with Gasteiger partial charge in [0.1, 0.15) is 11.9 Å². The number of alkyl halides is 6. The normalized spacial score (nSPS) is 12.1. The van der Waals surface area contributed by atoms with Crippen molar-refractivity contribution in [2.24, 2.45) is 0 Å². The van der Waals surface area contributed by atoms with E-state index in [0.717, 1.165) is 0 Å². The summed E-state index contributed by atoms with van der Waals surface area (Å²) >= 11 is 0. The van der Waals surface area contributed by atoms with Crippen LogP contribution in [0.4, 0.5) is 26.3 Å². The van der Waals surface area contributed by atoms with Crippen molar-refractivity contribution in [2.45, 2.75) is 17.8 Å². The molecule has 12 heteroatoms. The Bertz CT molecular complexity index is 279. The Balaban J connectivity index is -0.000000980. The first-order chi connectivity index (χ1) is 6.39. The van der Waals surface area contributed by atoms with Crippen LogP contribution in [0.5, 0.6) is 0 Å². The standard InChI is InChI=1S/C5H2F6O4.2Ag/c6-3(7,1(12)13)5(10,11)4(8,9)2(14)15;;/h(H,12,13)(H,14,15);;/q;2*+1/p-2. The molecule has 0 rings (SSSR count). The van der Waals surface area contributed by atoms with Crippen molar-refractivity contribution in [1.82, 2.24) is 0 Å². The van der Waals surface area contributed by atoms with Crippen LogP contribution in [0.15, 0.2) is 0 Å². The van der Waals surface area contributed by atoms with Crippen molar-refractivity contribution in [3.05, 3.63) is 0 Å². The van der Waals surface area contributed by atoms with Crippen molar-refractivity contribution >= 4 is 11.9 Å². The molecule has 0 N–H and O–H groups in total. The van der Waals surface area contributed by atoms with E-state index in [-0.39, 0.29) is 44.8 Å². The zero-order chi connectivity index (χ0) is 12.7. The van der Waals surface area contributed by atoms with E-state index < -0.39 is 29.7 Å². The summed E-state index contributed by atoms with van der Waals surface area (Å²) in [6.07, 6.45) is 0. The second-order valence-electron chi connectivity index (χ2n) is 2.30. The van der Waals surface area contributed by atoms with Gasteiger partial charge in [0.05, 0.1) is 0 Å². The van der Waals surface area contributed by atoms with Crippen LogP contribution in [-0.4, -0.2) is 29.7 Å². The molecule has 0 fully saturated rings. The third-order valence-corrected chi connectivity index (χ3v) is 1.30. The summed E-state index contributed by atoms with van der Waals surface area (Å²) in [4.78, 5) is 18.9. The molecule has 0 spiro atoms. The van der Waals surface area contributed by atoms with Gasteiger partial charge in [-0.15, -0.1) is 0 Å². The molecule has 17 heavy (non-hydrogen) atoms. The van der Waals surface area contributed by atoms with E-state index in [2.05, 4.69) is 0 Å². The zero-order valence-corrected chi connectivity index (χ0v) is 9.97. The Hall–Kier alpha value is 0.000519. The summed E-state index contributed by atoms with van der Waals surface area (Å²) in [5.74, 6) is -27.0. The number of halogens is 6. The Morgan fingerprint density at radius 3 is 1.00 bits per heavy atom. The van der Waals surface area contributed by atoms with E-state index in [9.17, 15) is 46.1 Å². The largest absolute Gasteiger partial charge is 1.00 e. The average Bonchev–Trinajstić information content (AvgIpc) is 2.02. The van der Waals surface area contributed by atoms with Crippen LogP contribution in [0, 0.1) is 0 Å². The number of aliphatic carboxylic acids is 2. The molecule has 0 heterocycles. The van der Waals surface area contributed by atoms with Crippen LogP contribution in [0.25, 0.3) is 0 Å². The molecule has 0 radical (unpaired) electrons. The average molecular weight is 454 g/mol. The number of carboxylic acids is 2. The van der Waals surface area contributed by atoms with E-state index in [1.165, 1.54) is 0 Å². The second-order valence-corrected chi connectivity index (χ2v) is 2.30. The van der Waals surface area contributed by atoms with Gasteiger partial charge < -0.3 is 19.8 Å². The molecule has 0 amide bonds. The van der Waals surface area contributed by atoms with Crippen LogP contribution in [0.1, 0.15) is 0 Å². The van der Waals surface area contributed by atoms with Gasteiger partial charge >= 0.3 is 62.5 Å². The maximum Gasteiger partial charge on any atom is 1.00 e. The monoisotopic (exact) mass is 452 g/mol. The minimum absolute atomic E-state index is 0. The fraction of sp³-hybridized carbons (Fsp3) is 0.600. The second kappa shape index (κ2) is 6.25. The topological polar surface area (TPSA) is 80.3 Å². The van der Waals surface area contributed by atoms with E-state index in [1.54, 1.807) is 0 Å².